The molecule has 0 fully saturated rings. The lowest BCUT2D eigenvalue weighted by Crippen LogP contribution is -2.52. The van der Waals surface area contributed by atoms with Gasteiger partial charge in [0.25, 0.3) is 0 Å². The number of amides is 2. The molecule has 0 bridgehead atoms. The van der Waals surface area contributed by atoms with Crippen LogP contribution < -0.4 is 5.32 Å². The van der Waals surface area contributed by atoms with Crippen molar-refractivity contribution < 1.29 is 14.7 Å². The van der Waals surface area contributed by atoms with Gasteiger partial charge in [-0.15, -0.1) is 0 Å². The van der Waals surface area contributed by atoms with Gasteiger partial charge in [0.2, 0.25) is 0 Å². The van der Waals surface area contributed by atoms with Crippen LogP contribution in [-0.2, 0) is 4.79 Å². The molecule has 5 nitrogen and oxygen atoms in total. The number of hydrogen-bond donors (Lipinski definition) is 2. The number of hydrogen-bond acceptors (Lipinski definition) is 2. The van der Waals surface area contributed by atoms with Crippen LogP contribution in [0.5, 0.6) is 0 Å². The quantitative estimate of drug-likeness (QED) is 0.744. The molecule has 0 aromatic heterocycles. The Morgan fingerprint density at radius 3 is 2.20 bits per heavy atom. The zero-order valence-electron chi connectivity index (χ0n) is 9.83. The molecule has 0 aromatic rings. The highest BCUT2D eigenvalue weighted by atomic mass is 16.4. The van der Waals surface area contributed by atoms with E-state index in [0.717, 1.165) is 6.42 Å². The third-order valence-electron chi connectivity index (χ3n) is 1.87. The largest absolute Gasteiger partial charge is 0.480 e. The van der Waals surface area contributed by atoms with Crippen molar-refractivity contribution in [2.24, 2.45) is 0 Å². The number of carbonyl (C=O) groups excluding carboxylic acids is 1. The Balaban J connectivity index is 4.49. The van der Waals surface area contributed by atoms with Crippen molar-refractivity contribution in [1.29, 1.82) is 0 Å². The second kappa shape index (κ2) is 5.58. The van der Waals surface area contributed by atoms with E-state index >= 15 is 0 Å². The normalized spacial score (nSPS) is 10.9. The van der Waals surface area contributed by atoms with Gasteiger partial charge in [0, 0.05) is 12.1 Å². The topological polar surface area (TPSA) is 69.6 Å². The number of rotatable bonds is 4. The average molecular weight is 216 g/mol. The lowest BCUT2D eigenvalue weighted by molar-refractivity contribution is -0.138. The zero-order chi connectivity index (χ0) is 12.1. The van der Waals surface area contributed by atoms with Crippen LogP contribution in [0.25, 0.3) is 0 Å². The average Bonchev–Trinajstić information content (AvgIpc) is 2.08. The number of carboxylic acids is 1. The molecule has 0 rings (SSSR count). The first-order valence-electron chi connectivity index (χ1n) is 5.06. The van der Waals surface area contributed by atoms with Gasteiger partial charge in [0.05, 0.1) is 0 Å². The maximum absolute atomic E-state index is 11.6. The number of nitrogens with one attached hydrogen (secondary N) is 1. The molecule has 0 unspecified atom stereocenters. The summed E-state index contributed by atoms with van der Waals surface area (Å²) in [6, 6.07) is -0.327. The SMILES string of the molecule is CCCNC(=O)N(CC(=O)O)C(C)(C)C. The molecule has 0 aliphatic heterocycles. The molecule has 88 valence electrons. The van der Waals surface area contributed by atoms with Crippen molar-refractivity contribution in [2.45, 2.75) is 39.7 Å². The van der Waals surface area contributed by atoms with E-state index in [2.05, 4.69) is 5.32 Å². The number of aliphatic carboxylic acids is 1. The minimum absolute atomic E-state index is 0.279. The summed E-state index contributed by atoms with van der Waals surface area (Å²) in [7, 11) is 0. The highest BCUT2D eigenvalue weighted by Crippen LogP contribution is 2.12. The minimum Gasteiger partial charge on any atom is -0.480 e. The van der Waals surface area contributed by atoms with Gasteiger partial charge in [-0.3, -0.25) is 4.79 Å². The van der Waals surface area contributed by atoms with Crippen molar-refractivity contribution in [3.8, 4) is 0 Å². The van der Waals surface area contributed by atoms with Crippen molar-refractivity contribution in [1.82, 2.24) is 10.2 Å². The highest BCUT2D eigenvalue weighted by Gasteiger charge is 2.27. The summed E-state index contributed by atoms with van der Waals surface area (Å²) < 4.78 is 0. The first kappa shape index (κ1) is 13.7. The summed E-state index contributed by atoms with van der Waals surface area (Å²) in [5, 5.41) is 11.4. The fraction of sp³-hybridized carbons (Fsp3) is 0.800. The lowest BCUT2D eigenvalue weighted by atomic mass is 10.1. The third-order valence-corrected chi connectivity index (χ3v) is 1.87. The second-order valence-corrected chi connectivity index (χ2v) is 4.38. The van der Waals surface area contributed by atoms with E-state index in [1.807, 2.05) is 27.7 Å². The Labute approximate surface area is 90.5 Å². The van der Waals surface area contributed by atoms with Gasteiger partial charge in [-0.2, -0.15) is 0 Å². The molecular formula is C10H20N2O3. The van der Waals surface area contributed by atoms with Gasteiger partial charge < -0.3 is 15.3 Å². The van der Waals surface area contributed by atoms with Gasteiger partial charge in [0.1, 0.15) is 6.54 Å². The van der Waals surface area contributed by atoms with E-state index in [4.69, 9.17) is 5.11 Å². The maximum atomic E-state index is 11.6. The van der Waals surface area contributed by atoms with Crippen LogP contribution in [0.3, 0.4) is 0 Å². The predicted molar refractivity (Wildman–Crippen MR) is 57.8 cm³/mol. The molecule has 0 aliphatic carbocycles. The van der Waals surface area contributed by atoms with Crippen molar-refractivity contribution in [3.05, 3.63) is 0 Å². The number of carbonyl (C=O) groups is 2. The van der Waals surface area contributed by atoms with Crippen molar-refractivity contribution >= 4 is 12.0 Å². The van der Waals surface area contributed by atoms with Crippen LogP contribution in [0, 0.1) is 0 Å². The highest BCUT2D eigenvalue weighted by molar-refractivity contribution is 5.80. The smallest absolute Gasteiger partial charge is 0.323 e. The Morgan fingerprint density at radius 1 is 1.33 bits per heavy atom. The van der Waals surface area contributed by atoms with Gasteiger partial charge in [-0.25, -0.2) is 4.79 Å². The molecule has 0 aromatic carbocycles. The Morgan fingerprint density at radius 2 is 1.87 bits per heavy atom. The molecule has 2 amide bonds. The number of nitrogens with zero attached hydrogens (tertiary/aromatic N) is 1. The van der Waals surface area contributed by atoms with Crippen LogP contribution in [0.4, 0.5) is 4.79 Å². The van der Waals surface area contributed by atoms with E-state index < -0.39 is 11.5 Å². The Hall–Kier alpha value is -1.26. The van der Waals surface area contributed by atoms with E-state index in [1.54, 1.807) is 0 Å². The Kier molecular flexibility index (Phi) is 5.11. The number of urea groups is 1. The zero-order valence-corrected chi connectivity index (χ0v) is 9.83. The van der Waals surface area contributed by atoms with Gasteiger partial charge in [-0.05, 0) is 27.2 Å². The monoisotopic (exact) mass is 216 g/mol. The molecule has 0 atom stereocenters. The van der Waals surface area contributed by atoms with Crippen LogP contribution in [0.2, 0.25) is 0 Å². The standard InChI is InChI=1S/C10H20N2O3/c1-5-6-11-9(15)12(7-8(13)14)10(2,3)4/h5-7H2,1-4H3,(H,11,15)(H,13,14). The molecule has 0 spiro atoms. The molecule has 0 radical (unpaired) electrons. The summed E-state index contributed by atoms with van der Waals surface area (Å²) in [5.41, 5.74) is -0.490. The molecule has 15 heavy (non-hydrogen) atoms. The lowest BCUT2D eigenvalue weighted by Gasteiger charge is -2.34. The summed E-state index contributed by atoms with van der Waals surface area (Å²) in [4.78, 5) is 23.6. The summed E-state index contributed by atoms with van der Waals surface area (Å²) in [5.74, 6) is -1.00. The van der Waals surface area contributed by atoms with E-state index in [0.29, 0.717) is 6.54 Å². The molecule has 0 aliphatic rings. The van der Waals surface area contributed by atoms with E-state index in [-0.39, 0.29) is 12.6 Å². The summed E-state index contributed by atoms with van der Waals surface area (Å²) >= 11 is 0. The van der Waals surface area contributed by atoms with Gasteiger partial charge in [0.15, 0.2) is 0 Å². The number of carboxylic acid groups (broad SMARTS) is 1. The first-order chi connectivity index (χ1) is 6.79. The molecular weight excluding hydrogens is 196 g/mol. The van der Waals surface area contributed by atoms with Crippen LogP contribution in [0.1, 0.15) is 34.1 Å². The summed E-state index contributed by atoms with van der Waals surface area (Å²) in [6.45, 7) is 7.65. The van der Waals surface area contributed by atoms with Crippen molar-refractivity contribution in [2.75, 3.05) is 13.1 Å². The molecule has 5 heteroatoms. The fourth-order valence-electron chi connectivity index (χ4n) is 1.08. The molecule has 0 saturated carbocycles. The molecule has 0 heterocycles. The predicted octanol–water partition coefficient (Wildman–Crippen LogP) is 1.29. The third kappa shape index (κ3) is 5.24. The maximum Gasteiger partial charge on any atom is 0.323 e. The molecule has 2 N–H and O–H groups in total. The van der Waals surface area contributed by atoms with Crippen LogP contribution in [-0.4, -0.2) is 40.6 Å². The first-order valence-corrected chi connectivity index (χ1v) is 5.06. The van der Waals surface area contributed by atoms with Crippen LogP contribution in [0.15, 0.2) is 0 Å². The van der Waals surface area contributed by atoms with Crippen LogP contribution >= 0.6 is 0 Å². The van der Waals surface area contributed by atoms with Gasteiger partial charge in [-0.1, -0.05) is 6.92 Å². The molecule has 0 saturated heterocycles. The minimum atomic E-state index is -1.00. The van der Waals surface area contributed by atoms with Crippen molar-refractivity contribution in [3.63, 3.8) is 0 Å². The van der Waals surface area contributed by atoms with E-state index in [1.165, 1.54) is 4.90 Å². The van der Waals surface area contributed by atoms with E-state index in [9.17, 15) is 9.59 Å². The fourth-order valence-corrected chi connectivity index (χ4v) is 1.08. The second-order valence-electron chi connectivity index (χ2n) is 4.38. The summed E-state index contributed by atoms with van der Waals surface area (Å²) in [6.07, 6.45) is 0.830. The Bertz CT molecular complexity index is 233. The van der Waals surface area contributed by atoms with Gasteiger partial charge >= 0.3 is 12.0 Å².